The van der Waals surface area contributed by atoms with Gasteiger partial charge in [-0.15, -0.1) is 0 Å². The van der Waals surface area contributed by atoms with Gasteiger partial charge in [0.2, 0.25) is 0 Å². The van der Waals surface area contributed by atoms with E-state index in [1.54, 1.807) is 16.8 Å². The van der Waals surface area contributed by atoms with Crippen molar-refractivity contribution >= 4 is 12.0 Å². The largest absolute Gasteiger partial charge is 0.480 e. The number of aliphatic carboxylic acids is 1. The minimum absolute atomic E-state index is 0.0457. The Kier molecular flexibility index (Phi) is 8.26. The average Bonchev–Trinajstić information content (AvgIpc) is 2.61. The third-order valence-corrected chi connectivity index (χ3v) is 4.81. The summed E-state index contributed by atoms with van der Waals surface area (Å²) < 4.78 is 5.69. The molecule has 1 fully saturated rings. The number of benzene rings is 1. The first-order chi connectivity index (χ1) is 13.2. The van der Waals surface area contributed by atoms with Gasteiger partial charge >= 0.3 is 12.0 Å². The molecule has 2 amide bonds. The first kappa shape index (κ1) is 22.2. The lowest BCUT2D eigenvalue weighted by atomic mass is 10.00. The van der Waals surface area contributed by atoms with Crippen molar-refractivity contribution in [2.24, 2.45) is 5.92 Å². The van der Waals surface area contributed by atoms with Crippen LogP contribution >= 0.6 is 0 Å². The Labute approximate surface area is 167 Å². The van der Waals surface area contributed by atoms with Crippen LogP contribution in [0, 0.1) is 5.92 Å². The van der Waals surface area contributed by atoms with Crippen LogP contribution < -0.4 is 5.32 Å². The highest BCUT2D eigenvalue weighted by molar-refractivity contribution is 5.74. The highest BCUT2D eigenvalue weighted by Crippen LogP contribution is 2.16. The van der Waals surface area contributed by atoms with Gasteiger partial charge in [-0.05, 0) is 37.4 Å². The zero-order valence-corrected chi connectivity index (χ0v) is 17.4. The van der Waals surface area contributed by atoms with Crippen molar-refractivity contribution in [3.63, 3.8) is 0 Å². The molecular formula is C21H33N3O4. The lowest BCUT2D eigenvalue weighted by Gasteiger charge is -2.35. The number of amides is 2. The summed E-state index contributed by atoms with van der Waals surface area (Å²) in [5.74, 6) is -0.257. The molecular weight excluding hydrogens is 358 g/mol. The van der Waals surface area contributed by atoms with E-state index in [0.717, 1.165) is 12.0 Å². The normalized spacial score (nSPS) is 18.4. The number of hydrogen-bond donors (Lipinski definition) is 2. The van der Waals surface area contributed by atoms with Crippen LogP contribution in [0.4, 0.5) is 4.79 Å². The van der Waals surface area contributed by atoms with Crippen molar-refractivity contribution in [1.82, 2.24) is 15.1 Å². The molecule has 0 bridgehead atoms. The molecule has 0 saturated carbocycles. The van der Waals surface area contributed by atoms with E-state index in [-0.39, 0.29) is 24.7 Å². The van der Waals surface area contributed by atoms with E-state index in [9.17, 15) is 9.59 Å². The molecule has 156 valence electrons. The number of urea groups is 1. The lowest BCUT2D eigenvalue weighted by Crippen LogP contribution is -2.52. The monoisotopic (exact) mass is 391 g/mol. The fraction of sp³-hybridized carbons (Fsp3) is 0.619. The molecule has 1 heterocycles. The Morgan fingerprint density at radius 1 is 1.29 bits per heavy atom. The van der Waals surface area contributed by atoms with Crippen LogP contribution in [-0.4, -0.2) is 72.8 Å². The fourth-order valence-electron chi connectivity index (χ4n) is 3.43. The molecule has 1 saturated heterocycles. The molecule has 7 nitrogen and oxygen atoms in total. The number of carboxylic acids is 1. The standard InChI is InChI=1S/C21H33N3O4/c1-15(2)11-17-5-7-18(8-6-17)16(3)22-21(27)24-9-10-28-19(13-24)12-23(4)14-20(25)26/h5-8,15-16,19H,9-14H2,1-4H3,(H,22,27)(H,25,26). The van der Waals surface area contributed by atoms with Crippen molar-refractivity contribution in [3.05, 3.63) is 35.4 Å². The highest BCUT2D eigenvalue weighted by atomic mass is 16.5. The number of carboxylic acid groups (broad SMARTS) is 1. The molecule has 2 N–H and O–H groups in total. The van der Waals surface area contributed by atoms with E-state index in [2.05, 4.69) is 43.4 Å². The first-order valence-corrected chi connectivity index (χ1v) is 9.90. The van der Waals surface area contributed by atoms with Crippen LogP contribution in [0.15, 0.2) is 24.3 Å². The van der Waals surface area contributed by atoms with Crippen LogP contribution in [0.2, 0.25) is 0 Å². The van der Waals surface area contributed by atoms with Crippen molar-refractivity contribution in [2.75, 3.05) is 39.8 Å². The predicted molar refractivity (Wildman–Crippen MR) is 108 cm³/mol. The molecule has 1 aromatic carbocycles. The second-order valence-electron chi connectivity index (χ2n) is 8.04. The van der Waals surface area contributed by atoms with Gasteiger partial charge in [0, 0.05) is 19.6 Å². The summed E-state index contributed by atoms with van der Waals surface area (Å²) in [6, 6.07) is 8.20. The molecule has 1 aromatic rings. The van der Waals surface area contributed by atoms with Crippen molar-refractivity contribution in [2.45, 2.75) is 39.3 Å². The number of hydrogen-bond acceptors (Lipinski definition) is 4. The number of nitrogens with zero attached hydrogens (tertiary/aromatic N) is 2. The molecule has 0 aromatic heterocycles. The number of nitrogens with one attached hydrogen (secondary N) is 1. The van der Waals surface area contributed by atoms with E-state index in [1.165, 1.54) is 5.56 Å². The maximum atomic E-state index is 12.7. The van der Waals surface area contributed by atoms with Crippen LogP contribution in [0.5, 0.6) is 0 Å². The van der Waals surface area contributed by atoms with Gasteiger partial charge < -0.3 is 20.1 Å². The van der Waals surface area contributed by atoms with Gasteiger partial charge in [-0.25, -0.2) is 4.79 Å². The van der Waals surface area contributed by atoms with E-state index in [4.69, 9.17) is 9.84 Å². The van der Waals surface area contributed by atoms with Crippen LogP contribution in [0.1, 0.15) is 37.9 Å². The Hall–Kier alpha value is -2.12. The molecule has 0 radical (unpaired) electrons. The molecule has 2 atom stereocenters. The van der Waals surface area contributed by atoms with Gasteiger partial charge in [0.25, 0.3) is 0 Å². The van der Waals surface area contributed by atoms with Gasteiger partial charge in [-0.3, -0.25) is 9.69 Å². The summed E-state index contributed by atoms with van der Waals surface area (Å²) in [7, 11) is 1.74. The molecule has 1 aliphatic rings. The average molecular weight is 392 g/mol. The molecule has 2 unspecified atom stereocenters. The number of rotatable bonds is 8. The van der Waals surface area contributed by atoms with Crippen LogP contribution in [-0.2, 0) is 16.0 Å². The van der Waals surface area contributed by atoms with E-state index in [0.29, 0.717) is 32.2 Å². The minimum atomic E-state index is -0.874. The maximum absolute atomic E-state index is 12.7. The molecule has 1 aliphatic heterocycles. The van der Waals surface area contributed by atoms with Crippen molar-refractivity contribution < 1.29 is 19.4 Å². The van der Waals surface area contributed by atoms with E-state index < -0.39 is 5.97 Å². The van der Waals surface area contributed by atoms with Gasteiger partial charge in [0.1, 0.15) is 0 Å². The van der Waals surface area contributed by atoms with Crippen molar-refractivity contribution in [3.8, 4) is 0 Å². The Balaban J connectivity index is 1.86. The number of ether oxygens (including phenoxy) is 1. The molecule has 7 heteroatoms. The number of carbonyl (C=O) groups excluding carboxylic acids is 1. The SMILES string of the molecule is CC(C)Cc1ccc(C(C)NC(=O)N2CCOC(CN(C)CC(=O)O)C2)cc1. The molecule has 2 rings (SSSR count). The second-order valence-corrected chi connectivity index (χ2v) is 8.04. The van der Waals surface area contributed by atoms with Gasteiger partial charge in [-0.2, -0.15) is 0 Å². The Bertz CT molecular complexity index is 648. The zero-order valence-electron chi connectivity index (χ0n) is 17.4. The zero-order chi connectivity index (χ0) is 20.7. The van der Waals surface area contributed by atoms with E-state index >= 15 is 0 Å². The third kappa shape index (κ3) is 7.13. The van der Waals surface area contributed by atoms with Crippen LogP contribution in [0.3, 0.4) is 0 Å². The summed E-state index contributed by atoms with van der Waals surface area (Å²) in [5.41, 5.74) is 2.38. The lowest BCUT2D eigenvalue weighted by molar-refractivity contribution is -0.138. The molecule has 0 spiro atoms. The predicted octanol–water partition coefficient (Wildman–Crippen LogP) is 2.37. The van der Waals surface area contributed by atoms with Gasteiger partial charge in [0.15, 0.2) is 0 Å². The van der Waals surface area contributed by atoms with E-state index in [1.807, 2.05) is 6.92 Å². The first-order valence-electron chi connectivity index (χ1n) is 9.90. The van der Waals surface area contributed by atoms with Crippen LogP contribution in [0.25, 0.3) is 0 Å². The summed E-state index contributed by atoms with van der Waals surface area (Å²) in [6.07, 6.45) is 0.862. The maximum Gasteiger partial charge on any atom is 0.318 e. The summed E-state index contributed by atoms with van der Waals surface area (Å²) >= 11 is 0. The number of likely N-dealkylation sites (N-methyl/N-ethyl adjacent to an activating group) is 1. The van der Waals surface area contributed by atoms with Crippen molar-refractivity contribution in [1.29, 1.82) is 0 Å². The summed E-state index contributed by atoms with van der Waals surface area (Å²) in [4.78, 5) is 26.9. The number of carbonyl (C=O) groups is 2. The summed E-state index contributed by atoms with van der Waals surface area (Å²) in [6.45, 7) is 8.25. The Morgan fingerprint density at radius 2 is 1.96 bits per heavy atom. The second kappa shape index (κ2) is 10.4. The number of morpholine rings is 1. The smallest absolute Gasteiger partial charge is 0.318 e. The summed E-state index contributed by atoms with van der Waals surface area (Å²) in [5, 5.41) is 11.9. The molecule has 28 heavy (non-hydrogen) atoms. The Morgan fingerprint density at radius 3 is 2.57 bits per heavy atom. The topological polar surface area (TPSA) is 82.1 Å². The highest BCUT2D eigenvalue weighted by Gasteiger charge is 2.26. The third-order valence-electron chi connectivity index (χ3n) is 4.81. The molecule has 0 aliphatic carbocycles. The minimum Gasteiger partial charge on any atom is -0.480 e. The van der Waals surface area contributed by atoms with Gasteiger partial charge in [-0.1, -0.05) is 38.1 Å². The quantitative estimate of drug-likeness (QED) is 0.711. The van der Waals surface area contributed by atoms with Gasteiger partial charge in [0.05, 0.1) is 25.3 Å². The fourth-order valence-corrected chi connectivity index (χ4v) is 3.43.